The van der Waals surface area contributed by atoms with E-state index in [4.69, 9.17) is 0 Å². The first kappa shape index (κ1) is 16.1. The molecule has 2 aromatic rings. The van der Waals surface area contributed by atoms with Crippen molar-refractivity contribution in [3.63, 3.8) is 0 Å². The molecule has 118 valence electrons. The number of benzene rings is 1. The standard InChI is InChI=1S/C17H24N4O/c1-12(2)16-10-15(20-21(16)4)17(22)19-13(3)11-18-14-8-6-5-7-9-14/h5-10,12-13,18H,11H2,1-4H3,(H,19,22)/t13-/m1/s1. The highest BCUT2D eigenvalue weighted by Gasteiger charge is 2.16. The number of carbonyl (C=O) groups is 1. The van der Waals surface area contributed by atoms with Gasteiger partial charge in [0.25, 0.3) is 5.91 Å². The number of hydrogen-bond acceptors (Lipinski definition) is 3. The highest BCUT2D eigenvalue weighted by molar-refractivity contribution is 5.92. The van der Waals surface area contributed by atoms with E-state index >= 15 is 0 Å². The van der Waals surface area contributed by atoms with Crippen LogP contribution in [-0.4, -0.2) is 28.3 Å². The Morgan fingerprint density at radius 3 is 2.50 bits per heavy atom. The zero-order chi connectivity index (χ0) is 16.1. The minimum Gasteiger partial charge on any atom is -0.383 e. The normalized spacial score (nSPS) is 12.2. The van der Waals surface area contributed by atoms with Gasteiger partial charge < -0.3 is 10.6 Å². The van der Waals surface area contributed by atoms with Gasteiger partial charge in [-0.25, -0.2) is 0 Å². The van der Waals surface area contributed by atoms with E-state index in [-0.39, 0.29) is 11.9 Å². The molecule has 0 spiro atoms. The van der Waals surface area contributed by atoms with Crippen molar-refractivity contribution in [1.29, 1.82) is 0 Å². The number of aryl methyl sites for hydroxylation is 1. The zero-order valence-electron chi connectivity index (χ0n) is 13.6. The number of nitrogens with zero attached hydrogens (tertiary/aromatic N) is 2. The summed E-state index contributed by atoms with van der Waals surface area (Å²) in [7, 11) is 1.87. The summed E-state index contributed by atoms with van der Waals surface area (Å²) in [5, 5.41) is 10.6. The van der Waals surface area contributed by atoms with Crippen molar-refractivity contribution in [2.45, 2.75) is 32.7 Å². The second kappa shape index (κ2) is 7.11. The van der Waals surface area contributed by atoms with Crippen LogP contribution >= 0.6 is 0 Å². The lowest BCUT2D eigenvalue weighted by molar-refractivity contribution is 0.0936. The van der Waals surface area contributed by atoms with Gasteiger partial charge in [0.05, 0.1) is 0 Å². The van der Waals surface area contributed by atoms with E-state index in [1.807, 2.05) is 50.4 Å². The summed E-state index contributed by atoms with van der Waals surface area (Å²) in [5.74, 6) is 0.209. The molecule has 0 aliphatic carbocycles. The summed E-state index contributed by atoms with van der Waals surface area (Å²) >= 11 is 0. The lowest BCUT2D eigenvalue weighted by atomic mass is 10.1. The van der Waals surface area contributed by atoms with E-state index in [0.29, 0.717) is 18.2 Å². The topological polar surface area (TPSA) is 59.0 Å². The Bertz CT molecular complexity index is 619. The van der Waals surface area contributed by atoms with E-state index in [9.17, 15) is 4.79 Å². The fourth-order valence-electron chi connectivity index (χ4n) is 2.31. The Balaban J connectivity index is 1.89. The van der Waals surface area contributed by atoms with Crippen LogP contribution < -0.4 is 10.6 Å². The Morgan fingerprint density at radius 2 is 1.91 bits per heavy atom. The van der Waals surface area contributed by atoms with Crippen LogP contribution in [0, 0.1) is 0 Å². The molecule has 2 rings (SSSR count). The summed E-state index contributed by atoms with van der Waals surface area (Å²) in [4.78, 5) is 12.2. The molecule has 0 unspecified atom stereocenters. The molecule has 1 atom stereocenters. The summed E-state index contributed by atoms with van der Waals surface area (Å²) < 4.78 is 1.77. The lowest BCUT2D eigenvalue weighted by Crippen LogP contribution is -2.37. The van der Waals surface area contributed by atoms with E-state index in [0.717, 1.165) is 11.4 Å². The molecular formula is C17H24N4O. The highest BCUT2D eigenvalue weighted by atomic mass is 16.2. The van der Waals surface area contributed by atoms with Gasteiger partial charge in [-0.1, -0.05) is 32.0 Å². The van der Waals surface area contributed by atoms with Gasteiger partial charge in [0.1, 0.15) is 5.69 Å². The van der Waals surface area contributed by atoms with Gasteiger partial charge in [0, 0.05) is 31.0 Å². The summed E-state index contributed by atoms with van der Waals surface area (Å²) in [5.41, 5.74) is 2.57. The van der Waals surface area contributed by atoms with Crippen LogP contribution in [0.15, 0.2) is 36.4 Å². The van der Waals surface area contributed by atoms with Crippen molar-refractivity contribution in [1.82, 2.24) is 15.1 Å². The molecule has 0 saturated carbocycles. The van der Waals surface area contributed by atoms with Gasteiger partial charge in [0.2, 0.25) is 0 Å². The molecule has 0 fully saturated rings. The molecule has 22 heavy (non-hydrogen) atoms. The van der Waals surface area contributed by atoms with E-state index < -0.39 is 0 Å². The minimum absolute atomic E-state index is 0.0113. The Kier molecular flexibility index (Phi) is 5.20. The molecular weight excluding hydrogens is 276 g/mol. The van der Waals surface area contributed by atoms with Crippen LogP contribution in [-0.2, 0) is 7.05 Å². The van der Waals surface area contributed by atoms with Crippen LogP contribution in [0.5, 0.6) is 0 Å². The second-order valence-corrected chi connectivity index (χ2v) is 5.85. The van der Waals surface area contributed by atoms with Crippen molar-refractivity contribution in [2.75, 3.05) is 11.9 Å². The van der Waals surface area contributed by atoms with Crippen LogP contribution in [0.2, 0.25) is 0 Å². The third kappa shape index (κ3) is 4.10. The van der Waals surface area contributed by atoms with Crippen molar-refractivity contribution >= 4 is 11.6 Å². The first-order valence-electron chi connectivity index (χ1n) is 7.61. The number of aromatic nitrogens is 2. The molecule has 0 aliphatic heterocycles. The fourth-order valence-corrected chi connectivity index (χ4v) is 2.31. The van der Waals surface area contributed by atoms with Crippen molar-refractivity contribution in [3.05, 3.63) is 47.8 Å². The Labute approximate surface area is 131 Å². The molecule has 5 nitrogen and oxygen atoms in total. The number of hydrogen-bond donors (Lipinski definition) is 2. The molecule has 0 radical (unpaired) electrons. The van der Waals surface area contributed by atoms with Crippen LogP contribution in [0.25, 0.3) is 0 Å². The predicted molar refractivity (Wildman–Crippen MR) is 89.2 cm³/mol. The van der Waals surface area contributed by atoms with Crippen molar-refractivity contribution < 1.29 is 4.79 Å². The quantitative estimate of drug-likeness (QED) is 0.862. The largest absolute Gasteiger partial charge is 0.383 e. The Hall–Kier alpha value is -2.30. The number of para-hydroxylation sites is 1. The maximum atomic E-state index is 12.2. The molecule has 2 N–H and O–H groups in total. The van der Waals surface area contributed by atoms with Gasteiger partial charge in [-0.2, -0.15) is 5.10 Å². The number of anilines is 1. The molecule has 0 aliphatic rings. The molecule has 1 aromatic heterocycles. The molecule has 0 saturated heterocycles. The maximum absolute atomic E-state index is 12.2. The number of carbonyl (C=O) groups excluding carboxylic acids is 1. The predicted octanol–water partition coefficient (Wildman–Crippen LogP) is 2.77. The lowest BCUT2D eigenvalue weighted by Gasteiger charge is -2.14. The SMILES string of the molecule is CC(C)c1cc(C(=O)N[C@H](C)CNc2ccccc2)nn1C. The average molecular weight is 300 g/mol. The summed E-state index contributed by atoms with van der Waals surface area (Å²) in [6, 6.07) is 11.8. The average Bonchev–Trinajstić information content (AvgIpc) is 2.88. The molecule has 5 heteroatoms. The number of amides is 1. The highest BCUT2D eigenvalue weighted by Crippen LogP contribution is 2.14. The third-order valence-corrected chi connectivity index (χ3v) is 3.50. The van der Waals surface area contributed by atoms with Gasteiger partial charge >= 0.3 is 0 Å². The van der Waals surface area contributed by atoms with Crippen LogP contribution in [0.4, 0.5) is 5.69 Å². The minimum atomic E-state index is -0.134. The third-order valence-electron chi connectivity index (χ3n) is 3.50. The smallest absolute Gasteiger partial charge is 0.272 e. The number of nitrogens with one attached hydrogen (secondary N) is 2. The van der Waals surface area contributed by atoms with E-state index in [2.05, 4.69) is 29.6 Å². The van der Waals surface area contributed by atoms with E-state index in [1.54, 1.807) is 4.68 Å². The molecule has 0 bridgehead atoms. The maximum Gasteiger partial charge on any atom is 0.272 e. The van der Waals surface area contributed by atoms with Crippen LogP contribution in [0.3, 0.4) is 0 Å². The van der Waals surface area contributed by atoms with Crippen LogP contribution in [0.1, 0.15) is 42.9 Å². The first-order valence-corrected chi connectivity index (χ1v) is 7.61. The van der Waals surface area contributed by atoms with Gasteiger partial charge in [-0.15, -0.1) is 0 Å². The molecule has 1 aromatic carbocycles. The molecule has 1 heterocycles. The monoisotopic (exact) mass is 300 g/mol. The number of rotatable bonds is 6. The van der Waals surface area contributed by atoms with Gasteiger partial charge in [-0.3, -0.25) is 9.48 Å². The fraction of sp³-hybridized carbons (Fsp3) is 0.412. The first-order chi connectivity index (χ1) is 10.5. The second-order valence-electron chi connectivity index (χ2n) is 5.85. The van der Waals surface area contributed by atoms with Gasteiger partial charge in [0.15, 0.2) is 0 Å². The van der Waals surface area contributed by atoms with Crippen molar-refractivity contribution in [3.8, 4) is 0 Å². The summed E-state index contributed by atoms with van der Waals surface area (Å²) in [6.07, 6.45) is 0. The van der Waals surface area contributed by atoms with Gasteiger partial charge in [-0.05, 0) is 31.0 Å². The summed E-state index contributed by atoms with van der Waals surface area (Å²) in [6.45, 7) is 6.82. The Morgan fingerprint density at radius 1 is 1.23 bits per heavy atom. The van der Waals surface area contributed by atoms with E-state index in [1.165, 1.54) is 0 Å². The molecule has 1 amide bonds. The van der Waals surface area contributed by atoms with Crippen molar-refractivity contribution in [2.24, 2.45) is 7.05 Å². The zero-order valence-corrected chi connectivity index (χ0v) is 13.6.